The van der Waals surface area contributed by atoms with Gasteiger partial charge in [0.25, 0.3) is 0 Å². The number of fused-ring (bicyclic) bond motifs is 1. The first-order valence-electron chi connectivity index (χ1n) is 9.64. The van der Waals surface area contributed by atoms with Crippen LogP contribution in [-0.2, 0) is 31.1 Å². The van der Waals surface area contributed by atoms with Crippen LogP contribution < -0.4 is 5.73 Å². The van der Waals surface area contributed by atoms with Gasteiger partial charge in [-0.15, -0.1) is 0 Å². The van der Waals surface area contributed by atoms with Crippen molar-refractivity contribution in [3.05, 3.63) is 34.9 Å². The summed E-state index contributed by atoms with van der Waals surface area (Å²) in [7, 11) is -3.73. The fraction of sp³-hybridized carbons (Fsp3) is 0.619. The minimum absolute atomic E-state index is 0.0173. The lowest BCUT2D eigenvalue weighted by Crippen LogP contribution is -2.30. The molecule has 2 rings (SSSR count). The molecule has 1 amide bonds. The maximum absolute atomic E-state index is 12.8. The van der Waals surface area contributed by atoms with Crippen LogP contribution in [-0.4, -0.2) is 28.0 Å². The Morgan fingerprint density at radius 3 is 2.29 bits per heavy atom. The number of rotatable bonds is 8. The van der Waals surface area contributed by atoms with Gasteiger partial charge in [0.1, 0.15) is 0 Å². The summed E-state index contributed by atoms with van der Waals surface area (Å²) in [4.78, 5) is 32.8. The Morgan fingerprint density at radius 1 is 1.18 bits per heavy atom. The van der Waals surface area contributed by atoms with Crippen LogP contribution in [0, 0.1) is 11.8 Å². The van der Waals surface area contributed by atoms with Crippen LogP contribution >= 0.6 is 7.37 Å². The zero-order valence-electron chi connectivity index (χ0n) is 17.4. The van der Waals surface area contributed by atoms with Crippen molar-refractivity contribution in [2.45, 2.75) is 64.5 Å². The second-order valence-electron chi connectivity index (χ2n) is 9.27. The second kappa shape index (κ2) is 7.64. The minimum Gasteiger partial charge on any atom is -0.481 e. The predicted octanol–water partition coefficient (Wildman–Crippen LogP) is 3.63. The topological polar surface area (TPSA) is 118 Å². The Kier molecular flexibility index (Phi) is 6.18. The summed E-state index contributed by atoms with van der Waals surface area (Å²) in [6.07, 6.45) is -0.585. The molecular formula is C21H32NO5P. The second-order valence-corrected chi connectivity index (χ2v) is 11.6. The van der Waals surface area contributed by atoms with Crippen LogP contribution in [0.15, 0.2) is 18.2 Å². The molecule has 0 aromatic heterocycles. The number of carboxylic acids is 1. The Bertz CT molecular complexity index is 830. The largest absolute Gasteiger partial charge is 0.481 e. The van der Waals surface area contributed by atoms with E-state index in [1.165, 1.54) is 11.1 Å². The van der Waals surface area contributed by atoms with Crippen molar-refractivity contribution in [2.24, 2.45) is 17.6 Å². The van der Waals surface area contributed by atoms with E-state index in [4.69, 9.17) is 5.73 Å². The lowest BCUT2D eigenvalue weighted by molar-refractivity contribution is -0.141. The zero-order valence-corrected chi connectivity index (χ0v) is 18.3. The highest BCUT2D eigenvalue weighted by Gasteiger charge is 2.48. The zero-order chi connectivity index (χ0) is 21.5. The van der Waals surface area contributed by atoms with E-state index in [0.29, 0.717) is 5.92 Å². The lowest BCUT2D eigenvalue weighted by atomic mass is 9.71. The Hall–Kier alpha value is -1.65. The number of hydrogen-bond donors (Lipinski definition) is 3. The molecule has 0 fully saturated rings. The molecule has 0 heterocycles. The fourth-order valence-electron chi connectivity index (χ4n) is 4.46. The van der Waals surface area contributed by atoms with Gasteiger partial charge in [-0.3, -0.25) is 14.2 Å². The SMILES string of the molecule is CC1C(C)(C)c2ccc(CP(=O)(O)CC(CCC(N)=O)C(=O)O)cc2C1(C)C. The minimum atomic E-state index is -3.73. The highest BCUT2D eigenvalue weighted by molar-refractivity contribution is 7.57. The van der Waals surface area contributed by atoms with Crippen LogP contribution in [0.5, 0.6) is 0 Å². The van der Waals surface area contributed by atoms with Crippen molar-refractivity contribution in [2.75, 3.05) is 6.16 Å². The van der Waals surface area contributed by atoms with Gasteiger partial charge in [0.15, 0.2) is 0 Å². The average Bonchev–Trinajstić information content (AvgIpc) is 2.68. The Balaban J connectivity index is 2.24. The molecule has 1 aromatic carbocycles. The van der Waals surface area contributed by atoms with E-state index in [0.717, 1.165) is 5.56 Å². The fourth-order valence-corrected chi connectivity index (χ4v) is 6.38. The lowest BCUT2D eigenvalue weighted by Gasteiger charge is -2.32. The van der Waals surface area contributed by atoms with Crippen molar-refractivity contribution in [1.29, 1.82) is 0 Å². The van der Waals surface area contributed by atoms with Crippen molar-refractivity contribution < 1.29 is 24.2 Å². The summed E-state index contributed by atoms with van der Waals surface area (Å²) in [5.74, 6) is -2.44. The molecule has 1 aromatic rings. The molecule has 0 aliphatic heterocycles. The summed E-state index contributed by atoms with van der Waals surface area (Å²) in [5.41, 5.74) is 8.22. The third-order valence-corrected chi connectivity index (χ3v) is 8.53. The maximum atomic E-state index is 12.8. The molecule has 1 aliphatic carbocycles. The number of hydrogen-bond acceptors (Lipinski definition) is 3. The molecule has 7 heteroatoms. The van der Waals surface area contributed by atoms with Crippen LogP contribution in [0.2, 0.25) is 0 Å². The first-order valence-corrected chi connectivity index (χ1v) is 11.7. The molecule has 28 heavy (non-hydrogen) atoms. The number of nitrogens with two attached hydrogens (primary N) is 1. The summed E-state index contributed by atoms with van der Waals surface area (Å²) in [5, 5.41) is 9.31. The molecule has 156 valence electrons. The molecule has 0 radical (unpaired) electrons. The van der Waals surface area contributed by atoms with Gasteiger partial charge in [-0.2, -0.15) is 0 Å². The van der Waals surface area contributed by atoms with Crippen molar-refractivity contribution in [3.8, 4) is 0 Å². The number of primary amides is 1. The Labute approximate surface area is 167 Å². The molecule has 4 N–H and O–H groups in total. The quantitative estimate of drug-likeness (QED) is 0.567. The van der Waals surface area contributed by atoms with E-state index in [2.05, 4.69) is 34.6 Å². The molecule has 1 aliphatic rings. The van der Waals surface area contributed by atoms with E-state index in [-0.39, 0.29) is 36.0 Å². The van der Waals surface area contributed by atoms with Crippen molar-refractivity contribution in [3.63, 3.8) is 0 Å². The first kappa shape index (κ1) is 22.6. The predicted molar refractivity (Wildman–Crippen MR) is 110 cm³/mol. The van der Waals surface area contributed by atoms with Gasteiger partial charge in [0.05, 0.1) is 5.92 Å². The third-order valence-electron chi connectivity index (χ3n) is 6.66. The number of amides is 1. The highest BCUT2D eigenvalue weighted by atomic mass is 31.2. The summed E-state index contributed by atoms with van der Waals surface area (Å²) in [6.45, 7) is 11.1. The number of carboxylic acid groups (broad SMARTS) is 1. The average molecular weight is 409 g/mol. The molecule has 0 spiro atoms. The smallest absolute Gasteiger partial charge is 0.307 e. The molecule has 0 saturated carbocycles. The van der Waals surface area contributed by atoms with Gasteiger partial charge < -0.3 is 15.7 Å². The third kappa shape index (κ3) is 4.49. The van der Waals surface area contributed by atoms with Gasteiger partial charge >= 0.3 is 5.97 Å². The van der Waals surface area contributed by atoms with Crippen LogP contribution in [0.3, 0.4) is 0 Å². The standard InChI is InChI=1S/C21H32NO5P/c1-13-20(2,3)16-8-6-14(10-17(16)21(13,4)5)11-28(26,27)12-15(19(24)25)7-9-18(22)23/h6,8,10,13,15H,7,9,11-12H2,1-5H3,(H2,22,23)(H,24,25)(H,26,27). The normalized spacial score (nSPS) is 22.9. The van der Waals surface area contributed by atoms with E-state index in [9.17, 15) is 24.2 Å². The molecule has 0 bridgehead atoms. The summed E-state index contributed by atoms with van der Waals surface area (Å²) in [6, 6.07) is 5.91. The van der Waals surface area contributed by atoms with E-state index >= 15 is 0 Å². The summed E-state index contributed by atoms with van der Waals surface area (Å²) >= 11 is 0. The van der Waals surface area contributed by atoms with Crippen LogP contribution in [0.4, 0.5) is 0 Å². The number of carbonyl (C=O) groups is 2. The molecule has 3 atom stereocenters. The first-order chi connectivity index (χ1) is 12.7. The van der Waals surface area contributed by atoms with Gasteiger partial charge in [-0.05, 0) is 39.9 Å². The molecule has 3 unspecified atom stereocenters. The molecule has 0 saturated heterocycles. The van der Waals surface area contributed by atoms with Crippen LogP contribution in [0.1, 0.15) is 64.2 Å². The summed E-state index contributed by atoms with van der Waals surface area (Å²) < 4.78 is 12.8. The van der Waals surface area contributed by atoms with E-state index < -0.39 is 25.2 Å². The monoisotopic (exact) mass is 409 g/mol. The van der Waals surface area contributed by atoms with Gasteiger partial charge in [0.2, 0.25) is 13.3 Å². The number of benzene rings is 1. The van der Waals surface area contributed by atoms with E-state index in [1.54, 1.807) is 0 Å². The van der Waals surface area contributed by atoms with Gasteiger partial charge in [0, 0.05) is 18.7 Å². The Morgan fingerprint density at radius 2 is 1.75 bits per heavy atom. The van der Waals surface area contributed by atoms with E-state index in [1.807, 2.05) is 18.2 Å². The van der Waals surface area contributed by atoms with Crippen molar-refractivity contribution in [1.82, 2.24) is 0 Å². The van der Waals surface area contributed by atoms with Gasteiger partial charge in [-0.25, -0.2) is 0 Å². The van der Waals surface area contributed by atoms with Gasteiger partial charge in [-0.1, -0.05) is 52.8 Å². The van der Waals surface area contributed by atoms with Crippen molar-refractivity contribution >= 4 is 19.2 Å². The van der Waals surface area contributed by atoms with Crippen LogP contribution in [0.25, 0.3) is 0 Å². The maximum Gasteiger partial charge on any atom is 0.307 e. The number of carbonyl (C=O) groups excluding carboxylic acids is 1. The molecule has 6 nitrogen and oxygen atoms in total. The molecular weight excluding hydrogens is 377 g/mol. The number of aliphatic carboxylic acids is 1. The highest BCUT2D eigenvalue weighted by Crippen LogP contribution is 2.54.